The van der Waals surface area contributed by atoms with Gasteiger partial charge in [0.2, 0.25) is 10.0 Å². The number of aromatic nitrogens is 1. The average molecular weight is 357 g/mol. The molecule has 0 amide bonds. The molecule has 2 heterocycles. The van der Waals surface area contributed by atoms with Crippen LogP contribution < -0.4 is 5.32 Å². The van der Waals surface area contributed by atoms with Crippen molar-refractivity contribution in [3.05, 3.63) is 18.0 Å². The summed E-state index contributed by atoms with van der Waals surface area (Å²) in [5, 5.41) is 6.97. The molecule has 0 radical (unpaired) electrons. The van der Waals surface area contributed by atoms with Crippen molar-refractivity contribution in [3.63, 3.8) is 0 Å². The van der Waals surface area contributed by atoms with Gasteiger partial charge in [0.25, 0.3) is 0 Å². The molecule has 0 saturated carbocycles. The summed E-state index contributed by atoms with van der Waals surface area (Å²) in [4.78, 5) is 6.74. The van der Waals surface area contributed by atoms with Crippen molar-refractivity contribution in [2.75, 3.05) is 39.3 Å². The van der Waals surface area contributed by atoms with Crippen LogP contribution in [0.3, 0.4) is 0 Å². The molecule has 2 rings (SSSR count). The van der Waals surface area contributed by atoms with Crippen LogP contribution in [0.25, 0.3) is 0 Å². The van der Waals surface area contributed by atoms with Gasteiger partial charge in [-0.2, -0.15) is 4.31 Å². The normalized spacial score (nSPS) is 17.2. The van der Waals surface area contributed by atoms with Gasteiger partial charge in [0, 0.05) is 45.3 Å². The molecule has 1 fully saturated rings. The van der Waals surface area contributed by atoms with E-state index in [4.69, 9.17) is 4.52 Å². The third-order valence-electron chi connectivity index (χ3n) is 3.86. The van der Waals surface area contributed by atoms with E-state index in [0.717, 1.165) is 31.9 Å². The Morgan fingerprint density at radius 1 is 1.33 bits per heavy atom. The van der Waals surface area contributed by atoms with Crippen LogP contribution in [0, 0.1) is 0 Å². The Balaban J connectivity index is 1.92. The van der Waals surface area contributed by atoms with E-state index in [2.05, 4.69) is 27.3 Å². The average Bonchev–Trinajstić information content (AvgIpc) is 3.06. The molecular formula is C15H27N5O3S. The van der Waals surface area contributed by atoms with E-state index in [-0.39, 0.29) is 5.75 Å². The lowest BCUT2D eigenvalue weighted by Gasteiger charge is -2.35. The van der Waals surface area contributed by atoms with Gasteiger partial charge in [0.05, 0.1) is 5.69 Å². The van der Waals surface area contributed by atoms with Gasteiger partial charge < -0.3 is 14.7 Å². The molecule has 0 spiro atoms. The number of guanidine groups is 1. The molecule has 1 aliphatic heterocycles. The summed E-state index contributed by atoms with van der Waals surface area (Å²) < 4.78 is 31.1. The van der Waals surface area contributed by atoms with Crippen LogP contribution in [0.1, 0.15) is 32.4 Å². The summed E-state index contributed by atoms with van der Waals surface area (Å²) in [6, 6.07) is 1.58. The maximum absolute atomic E-state index is 12.4. The van der Waals surface area contributed by atoms with Crippen molar-refractivity contribution in [2.24, 2.45) is 4.99 Å². The van der Waals surface area contributed by atoms with Crippen molar-refractivity contribution in [1.82, 2.24) is 19.7 Å². The maximum Gasteiger partial charge on any atom is 0.220 e. The fourth-order valence-electron chi connectivity index (χ4n) is 2.54. The van der Waals surface area contributed by atoms with Crippen LogP contribution in [0.2, 0.25) is 0 Å². The Kier molecular flexibility index (Phi) is 7.04. The summed E-state index contributed by atoms with van der Waals surface area (Å²) in [5.41, 5.74) is 0.437. The van der Waals surface area contributed by atoms with Gasteiger partial charge in [-0.1, -0.05) is 18.5 Å². The molecule has 0 atom stereocenters. The topological polar surface area (TPSA) is 91.0 Å². The molecule has 0 aliphatic carbocycles. The van der Waals surface area contributed by atoms with Gasteiger partial charge in [-0.05, 0) is 13.3 Å². The Morgan fingerprint density at radius 3 is 2.67 bits per heavy atom. The summed E-state index contributed by atoms with van der Waals surface area (Å²) >= 11 is 0. The van der Waals surface area contributed by atoms with Gasteiger partial charge >= 0.3 is 0 Å². The van der Waals surface area contributed by atoms with Crippen LogP contribution >= 0.6 is 0 Å². The zero-order chi connectivity index (χ0) is 17.4. The fraction of sp³-hybridized carbons (Fsp3) is 0.733. The summed E-state index contributed by atoms with van der Waals surface area (Å²) in [6.45, 7) is 7.96. The minimum absolute atomic E-state index is 0.117. The van der Waals surface area contributed by atoms with E-state index >= 15 is 0 Å². The molecule has 9 heteroatoms. The number of nitrogens with one attached hydrogen (secondary N) is 1. The molecule has 0 bridgehead atoms. The lowest BCUT2D eigenvalue weighted by molar-refractivity contribution is 0.260. The minimum Gasteiger partial charge on any atom is -0.364 e. The Bertz CT molecular complexity index is 607. The monoisotopic (exact) mass is 357 g/mol. The van der Waals surface area contributed by atoms with Crippen molar-refractivity contribution >= 4 is 16.0 Å². The number of sulfonamides is 1. The van der Waals surface area contributed by atoms with E-state index in [0.29, 0.717) is 31.9 Å². The highest BCUT2D eigenvalue weighted by molar-refractivity contribution is 7.88. The van der Waals surface area contributed by atoms with Gasteiger partial charge in [0.15, 0.2) is 5.96 Å². The van der Waals surface area contributed by atoms with E-state index in [9.17, 15) is 8.42 Å². The number of hydrogen-bond acceptors (Lipinski definition) is 5. The highest BCUT2D eigenvalue weighted by Crippen LogP contribution is 2.13. The minimum atomic E-state index is -3.36. The molecule has 1 saturated heterocycles. The van der Waals surface area contributed by atoms with E-state index < -0.39 is 10.0 Å². The second-order valence-electron chi connectivity index (χ2n) is 5.72. The SMILES string of the molecule is CCCCN=C(NCC)N1CCN(S(=O)(=O)Cc2ccon2)CC1. The summed E-state index contributed by atoms with van der Waals surface area (Å²) in [6.07, 6.45) is 3.55. The molecule has 0 unspecified atom stereocenters. The number of aliphatic imine (C=N–C) groups is 1. The first-order valence-electron chi connectivity index (χ1n) is 8.47. The van der Waals surface area contributed by atoms with Gasteiger partial charge in [0.1, 0.15) is 12.0 Å². The molecule has 1 N–H and O–H groups in total. The largest absolute Gasteiger partial charge is 0.364 e. The zero-order valence-corrected chi connectivity index (χ0v) is 15.3. The van der Waals surface area contributed by atoms with E-state index in [1.807, 2.05) is 6.92 Å². The van der Waals surface area contributed by atoms with Crippen molar-refractivity contribution in [2.45, 2.75) is 32.4 Å². The molecule has 24 heavy (non-hydrogen) atoms. The molecule has 1 aromatic heterocycles. The Labute approximate surface area is 143 Å². The first kappa shape index (κ1) is 18.7. The first-order valence-corrected chi connectivity index (χ1v) is 10.1. The van der Waals surface area contributed by atoms with Crippen LogP contribution in [-0.4, -0.2) is 68.0 Å². The summed E-state index contributed by atoms with van der Waals surface area (Å²) in [7, 11) is -3.36. The second-order valence-corrected chi connectivity index (χ2v) is 7.69. The Morgan fingerprint density at radius 2 is 2.08 bits per heavy atom. The maximum atomic E-state index is 12.4. The lowest BCUT2D eigenvalue weighted by atomic mass is 10.3. The predicted molar refractivity (Wildman–Crippen MR) is 93.2 cm³/mol. The second kappa shape index (κ2) is 9.03. The van der Waals surface area contributed by atoms with E-state index in [1.165, 1.54) is 10.6 Å². The highest BCUT2D eigenvalue weighted by atomic mass is 32.2. The van der Waals surface area contributed by atoms with E-state index in [1.54, 1.807) is 6.07 Å². The fourth-order valence-corrected chi connectivity index (χ4v) is 3.96. The van der Waals surface area contributed by atoms with Gasteiger partial charge in [-0.15, -0.1) is 0 Å². The van der Waals surface area contributed by atoms with Crippen molar-refractivity contribution in [3.8, 4) is 0 Å². The van der Waals surface area contributed by atoms with Crippen molar-refractivity contribution in [1.29, 1.82) is 0 Å². The lowest BCUT2D eigenvalue weighted by Crippen LogP contribution is -2.53. The van der Waals surface area contributed by atoms with Gasteiger partial charge in [-0.25, -0.2) is 8.42 Å². The number of piperazine rings is 1. The molecule has 136 valence electrons. The third-order valence-corrected chi connectivity index (χ3v) is 5.67. The highest BCUT2D eigenvalue weighted by Gasteiger charge is 2.28. The van der Waals surface area contributed by atoms with Crippen molar-refractivity contribution < 1.29 is 12.9 Å². The standard InChI is InChI=1S/C15H27N5O3S/c1-3-5-7-17-15(16-4-2)19-8-10-20(11-9-19)24(21,22)13-14-6-12-23-18-14/h6,12H,3-5,7-11,13H2,1-2H3,(H,16,17). The number of rotatable bonds is 7. The predicted octanol–water partition coefficient (Wildman–Crippen LogP) is 0.888. The Hall–Kier alpha value is -1.61. The third kappa shape index (κ3) is 5.20. The van der Waals surface area contributed by atoms with Gasteiger partial charge in [-0.3, -0.25) is 4.99 Å². The van der Waals surface area contributed by atoms with Crippen LogP contribution in [0.5, 0.6) is 0 Å². The molecular weight excluding hydrogens is 330 g/mol. The first-order chi connectivity index (χ1) is 11.6. The number of nitrogens with zero attached hydrogens (tertiary/aromatic N) is 4. The summed E-state index contributed by atoms with van der Waals surface area (Å²) in [5.74, 6) is 0.758. The molecule has 0 aromatic carbocycles. The molecule has 1 aromatic rings. The molecule has 1 aliphatic rings. The van der Waals surface area contributed by atoms with Crippen LogP contribution in [-0.2, 0) is 15.8 Å². The van der Waals surface area contributed by atoms with Crippen LogP contribution in [0.4, 0.5) is 0 Å². The molecule has 8 nitrogen and oxygen atoms in total. The quantitative estimate of drug-likeness (QED) is 0.443. The number of hydrogen-bond donors (Lipinski definition) is 1. The smallest absolute Gasteiger partial charge is 0.220 e. The zero-order valence-electron chi connectivity index (χ0n) is 14.4. The number of unbranched alkanes of at least 4 members (excludes halogenated alkanes) is 1. The van der Waals surface area contributed by atoms with Crippen LogP contribution in [0.15, 0.2) is 21.8 Å².